The van der Waals surface area contributed by atoms with Gasteiger partial charge in [0.2, 0.25) is 5.91 Å². The molecular formula is C17H18N4OS. The Hall–Kier alpha value is -2.47. The zero-order valence-electron chi connectivity index (χ0n) is 12.9. The van der Waals surface area contributed by atoms with Crippen LogP contribution in [0.3, 0.4) is 0 Å². The van der Waals surface area contributed by atoms with E-state index in [-0.39, 0.29) is 5.91 Å². The molecule has 0 saturated heterocycles. The smallest absolute Gasteiger partial charge is 0.224 e. The van der Waals surface area contributed by atoms with Crippen LogP contribution in [0.25, 0.3) is 11.4 Å². The van der Waals surface area contributed by atoms with Gasteiger partial charge in [-0.2, -0.15) is 11.3 Å². The number of aryl methyl sites for hydroxylation is 2. The summed E-state index contributed by atoms with van der Waals surface area (Å²) < 4.78 is 1.97. The van der Waals surface area contributed by atoms with Gasteiger partial charge in [-0.15, -0.1) is 10.2 Å². The fourth-order valence-corrected chi connectivity index (χ4v) is 3.07. The number of carbonyl (C=O) groups excluding carboxylic acids is 1. The van der Waals surface area contributed by atoms with Crippen LogP contribution in [0.15, 0.2) is 47.4 Å². The number of hydrogen-bond donors (Lipinski definition) is 1. The summed E-state index contributed by atoms with van der Waals surface area (Å²) in [5, 5.41) is 15.1. The van der Waals surface area contributed by atoms with Crippen LogP contribution in [0.4, 0.5) is 5.69 Å². The molecule has 1 amide bonds. The molecule has 0 spiro atoms. The third-order valence-electron chi connectivity index (χ3n) is 3.58. The van der Waals surface area contributed by atoms with E-state index in [4.69, 9.17) is 0 Å². The van der Waals surface area contributed by atoms with E-state index >= 15 is 0 Å². The highest BCUT2D eigenvalue weighted by Gasteiger charge is 2.08. The van der Waals surface area contributed by atoms with Crippen molar-refractivity contribution >= 4 is 22.9 Å². The number of nitrogens with one attached hydrogen (secondary N) is 1. The SMILES string of the molecule is CCn1cnnc1-c1cccc(NC(=O)CCc2ccsc2)c1. The second kappa shape index (κ2) is 7.19. The molecule has 0 saturated carbocycles. The first-order valence-electron chi connectivity index (χ1n) is 7.55. The van der Waals surface area contributed by atoms with Crippen molar-refractivity contribution in [2.75, 3.05) is 5.32 Å². The summed E-state index contributed by atoms with van der Waals surface area (Å²) >= 11 is 1.65. The van der Waals surface area contributed by atoms with Crippen molar-refractivity contribution in [1.29, 1.82) is 0 Å². The molecule has 118 valence electrons. The van der Waals surface area contributed by atoms with Gasteiger partial charge in [0.25, 0.3) is 0 Å². The van der Waals surface area contributed by atoms with Crippen molar-refractivity contribution in [3.63, 3.8) is 0 Å². The molecule has 0 unspecified atom stereocenters. The van der Waals surface area contributed by atoms with E-state index < -0.39 is 0 Å². The lowest BCUT2D eigenvalue weighted by atomic mass is 10.1. The predicted octanol–water partition coefficient (Wildman–Crippen LogP) is 3.60. The molecule has 0 radical (unpaired) electrons. The number of benzene rings is 1. The minimum Gasteiger partial charge on any atom is -0.326 e. The Morgan fingerprint density at radius 2 is 2.26 bits per heavy atom. The first kappa shape index (κ1) is 15.4. The molecule has 6 heteroatoms. The van der Waals surface area contributed by atoms with Gasteiger partial charge in [0.15, 0.2) is 5.82 Å². The number of anilines is 1. The number of carbonyl (C=O) groups is 1. The van der Waals surface area contributed by atoms with E-state index in [0.29, 0.717) is 6.42 Å². The highest BCUT2D eigenvalue weighted by atomic mass is 32.1. The van der Waals surface area contributed by atoms with E-state index in [0.717, 1.165) is 30.0 Å². The largest absolute Gasteiger partial charge is 0.326 e. The Bertz CT molecular complexity index is 780. The Morgan fingerprint density at radius 3 is 3.04 bits per heavy atom. The lowest BCUT2D eigenvalue weighted by Crippen LogP contribution is -2.12. The normalized spacial score (nSPS) is 10.7. The average Bonchev–Trinajstić information content (AvgIpc) is 3.24. The van der Waals surface area contributed by atoms with Gasteiger partial charge in [-0.05, 0) is 47.9 Å². The molecule has 1 N–H and O–H groups in total. The van der Waals surface area contributed by atoms with Gasteiger partial charge >= 0.3 is 0 Å². The van der Waals surface area contributed by atoms with Crippen LogP contribution in [0.1, 0.15) is 18.9 Å². The van der Waals surface area contributed by atoms with Crippen LogP contribution < -0.4 is 5.32 Å². The number of amides is 1. The van der Waals surface area contributed by atoms with Crippen LogP contribution in [0, 0.1) is 0 Å². The average molecular weight is 326 g/mol. The molecule has 5 nitrogen and oxygen atoms in total. The van der Waals surface area contributed by atoms with Gasteiger partial charge in [0.05, 0.1) is 0 Å². The number of nitrogens with zero attached hydrogens (tertiary/aromatic N) is 3. The van der Waals surface area contributed by atoms with E-state index in [1.54, 1.807) is 17.7 Å². The van der Waals surface area contributed by atoms with E-state index in [1.165, 1.54) is 5.56 Å². The standard InChI is InChI=1S/C17H18N4OS/c1-2-21-12-18-20-17(21)14-4-3-5-15(10-14)19-16(22)7-6-13-8-9-23-11-13/h3-5,8-12H,2,6-7H2,1H3,(H,19,22). The maximum Gasteiger partial charge on any atom is 0.224 e. The third kappa shape index (κ3) is 3.84. The number of thiophene rings is 1. The quantitative estimate of drug-likeness (QED) is 0.753. The molecule has 1 aromatic carbocycles. The van der Waals surface area contributed by atoms with Crippen LogP contribution in [-0.2, 0) is 17.8 Å². The highest BCUT2D eigenvalue weighted by molar-refractivity contribution is 7.07. The van der Waals surface area contributed by atoms with Crippen molar-refractivity contribution in [2.45, 2.75) is 26.3 Å². The lowest BCUT2D eigenvalue weighted by Gasteiger charge is -2.08. The minimum atomic E-state index is 0.0188. The van der Waals surface area contributed by atoms with E-state index in [2.05, 4.69) is 27.0 Å². The fraction of sp³-hybridized carbons (Fsp3) is 0.235. The maximum atomic E-state index is 12.1. The summed E-state index contributed by atoms with van der Waals surface area (Å²) in [6.07, 6.45) is 2.95. The summed E-state index contributed by atoms with van der Waals surface area (Å²) in [5.74, 6) is 0.826. The Labute approximate surface area is 139 Å². The molecule has 3 aromatic rings. The molecule has 0 aliphatic rings. The van der Waals surface area contributed by atoms with Crippen molar-refractivity contribution in [3.05, 3.63) is 53.0 Å². The Balaban J connectivity index is 1.66. The van der Waals surface area contributed by atoms with Crippen LogP contribution >= 0.6 is 11.3 Å². The molecule has 3 rings (SSSR count). The molecular weight excluding hydrogens is 308 g/mol. The molecule has 2 heterocycles. The molecule has 0 aliphatic heterocycles. The highest BCUT2D eigenvalue weighted by Crippen LogP contribution is 2.21. The van der Waals surface area contributed by atoms with E-state index in [1.807, 2.05) is 41.1 Å². The topological polar surface area (TPSA) is 59.8 Å². The van der Waals surface area contributed by atoms with Gasteiger partial charge in [0, 0.05) is 24.2 Å². The number of rotatable bonds is 6. The summed E-state index contributed by atoms with van der Waals surface area (Å²) in [4.78, 5) is 12.1. The van der Waals surface area contributed by atoms with Crippen LogP contribution in [0.2, 0.25) is 0 Å². The van der Waals surface area contributed by atoms with Crippen molar-refractivity contribution in [3.8, 4) is 11.4 Å². The van der Waals surface area contributed by atoms with Gasteiger partial charge in [0.1, 0.15) is 6.33 Å². The summed E-state index contributed by atoms with van der Waals surface area (Å²) in [6, 6.07) is 9.75. The van der Waals surface area contributed by atoms with Crippen LogP contribution in [-0.4, -0.2) is 20.7 Å². The minimum absolute atomic E-state index is 0.0188. The van der Waals surface area contributed by atoms with Gasteiger partial charge < -0.3 is 9.88 Å². The van der Waals surface area contributed by atoms with Gasteiger partial charge in [-0.25, -0.2) is 0 Å². The summed E-state index contributed by atoms with van der Waals surface area (Å²) in [5.41, 5.74) is 2.93. The first-order chi connectivity index (χ1) is 11.3. The van der Waals surface area contributed by atoms with Gasteiger partial charge in [-0.1, -0.05) is 12.1 Å². The number of hydrogen-bond acceptors (Lipinski definition) is 4. The second-order valence-electron chi connectivity index (χ2n) is 5.20. The molecule has 2 aromatic heterocycles. The van der Waals surface area contributed by atoms with Crippen molar-refractivity contribution in [1.82, 2.24) is 14.8 Å². The summed E-state index contributed by atoms with van der Waals surface area (Å²) in [6.45, 7) is 2.85. The molecule has 0 aliphatic carbocycles. The third-order valence-corrected chi connectivity index (χ3v) is 4.31. The number of aromatic nitrogens is 3. The molecule has 0 atom stereocenters. The summed E-state index contributed by atoms with van der Waals surface area (Å²) in [7, 11) is 0. The lowest BCUT2D eigenvalue weighted by molar-refractivity contribution is -0.116. The monoisotopic (exact) mass is 326 g/mol. The zero-order valence-corrected chi connectivity index (χ0v) is 13.7. The maximum absolute atomic E-state index is 12.1. The predicted molar refractivity (Wildman–Crippen MR) is 92.4 cm³/mol. The Kier molecular flexibility index (Phi) is 4.83. The van der Waals surface area contributed by atoms with Gasteiger partial charge in [-0.3, -0.25) is 4.79 Å². The molecule has 0 bridgehead atoms. The Morgan fingerprint density at radius 1 is 1.35 bits per heavy atom. The zero-order chi connectivity index (χ0) is 16.1. The molecule has 23 heavy (non-hydrogen) atoms. The van der Waals surface area contributed by atoms with Crippen molar-refractivity contribution in [2.24, 2.45) is 0 Å². The fourth-order valence-electron chi connectivity index (χ4n) is 2.36. The van der Waals surface area contributed by atoms with Crippen molar-refractivity contribution < 1.29 is 4.79 Å². The second-order valence-corrected chi connectivity index (χ2v) is 5.98. The van der Waals surface area contributed by atoms with E-state index in [9.17, 15) is 4.79 Å². The first-order valence-corrected chi connectivity index (χ1v) is 8.49. The van der Waals surface area contributed by atoms with Crippen LogP contribution in [0.5, 0.6) is 0 Å². The molecule has 0 fully saturated rings.